The summed E-state index contributed by atoms with van der Waals surface area (Å²) in [7, 11) is 0. The van der Waals surface area contributed by atoms with Gasteiger partial charge in [-0.25, -0.2) is 4.98 Å². The van der Waals surface area contributed by atoms with Crippen LogP contribution < -0.4 is 11.3 Å². The van der Waals surface area contributed by atoms with Gasteiger partial charge in [-0.3, -0.25) is 9.36 Å². The highest BCUT2D eigenvalue weighted by Gasteiger charge is 2.14. The molecular formula is C18H18ClN3O. The molecule has 2 aromatic carbocycles. The largest absolute Gasteiger partial charge is 0.330 e. The van der Waals surface area contributed by atoms with Crippen LogP contribution in [0.25, 0.3) is 16.6 Å². The number of hydrogen-bond acceptors (Lipinski definition) is 3. The quantitative estimate of drug-likeness (QED) is 0.801. The van der Waals surface area contributed by atoms with Crippen molar-refractivity contribution in [3.63, 3.8) is 0 Å². The average Bonchev–Trinajstić information content (AvgIpc) is 2.55. The molecule has 0 saturated carbocycles. The van der Waals surface area contributed by atoms with E-state index in [1.165, 1.54) is 0 Å². The third-order valence-electron chi connectivity index (χ3n) is 3.86. The summed E-state index contributed by atoms with van der Waals surface area (Å²) in [4.78, 5) is 17.7. The van der Waals surface area contributed by atoms with Crippen molar-refractivity contribution in [2.75, 3.05) is 6.54 Å². The molecule has 1 aromatic heterocycles. The molecule has 3 rings (SSSR count). The Hall–Kier alpha value is -2.17. The highest BCUT2D eigenvalue weighted by molar-refractivity contribution is 6.35. The first kappa shape index (κ1) is 15.7. The average molecular weight is 328 g/mol. The number of halogens is 1. The predicted molar refractivity (Wildman–Crippen MR) is 94.5 cm³/mol. The number of nitrogens with two attached hydrogens (primary N) is 1. The third-order valence-corrected chi connectivity index (χ3v) is 4.18. The molecule has 0 aliphatic carbocycles. The summed E-state index contributed by atoms with van der Waals surface area (Å²) in [6.45, 7) is 2.50. The van der Waals surface area contributed by atoms with Crippen molar-refractivity contribution in [3.05, 3.63) is 69.2 Å². The van der Waals surface area contributed by atoms with Crippen molar-refractivity contribution >= 4 is 22.5 Å². The Balaban J connectivity index is 2.37. The monoisotopic (exact) mass is 327 g/mol. The Morgan fingerprint density at radius 3 is 2.74 bits per heavy atom. The Morgan fingerprint density at radius 1 is 1.22 bits per heavy atom. The van der Waals surface area contributed by atoms with Crippen LogP contribution in [0.1, 0.15) is 18.3 Å². The number of aryl methyl sites for hydroxylation is 1. The van der Waals surface area contributed by atoms with Gasteiger partial charge in [0.15, 0.2) is 0 Å². The molecule has 0 saturated heterocycles. The van der Waals surface area contributed by atoms with Gasteiger partial charge >= 0.3 is 0 Å². The summed E-state index contributed by atoms with van der Waals surface area (Å²) in [6, 6.07) is 13.2. The lowest BCUT2D eigenvalue weighted by molar-refractivity contribution is 0.795. The maximum atomic E-state index is 13.0. The van der Waals surface area contributed by atoms with Gasteiger partial charge in [-0.2, -0.15) is 0 Å². The van der Waals surface area contributed by atoms with Crippen LogP contribution in [0.2, 0.25) is 5.02 Å². The lowest BCUT2D eigenvalue weighted by Crippen LogP contribution is -2.25. The van der Waals surface area contributed by atoms with Crippen LogP contribution in [0.4, 0.5) is 0 Å². The molecule has 0 spiro atoms. The summed E-state index contributed by atoms with van der Waals surface area (Å²) < 4.78 is 1.63. The van der Waals surface area contributed by atoms with E-state index in [0.717, 1.165) is 17.7 Å². The van der Waals surface area contributed by atoms with Gasteiger partial charge in [-0.15, -0.1) is 0 Å². The van der Waals surface area contributed by atoms with E-state index in [4.69, 9.17) is 17.3 Å². The molecular weight excluding hydrogens is 310 g/mol. The zero-order chi connectivity index (χ0) is 16.4. The van der Waals surface area contributed by atoms with Crippen molar-refractivity contribution < 1.29 is 0 Å². The molecule has 118 valence electrons. The van der Waals surface area contributed by atoms with E-state index in [-0.39, 0.29) is 5.56 Å². The minimum atomic E-state index is -0.155. The summed E-state index contributed by atoms with van der Waals surface area (Å²) in [5.74, 6) is 0.653. The van der Waals surface area contributed by atoms with Crippen molar-refractivity contribution in [1.29, 1.82) is 0 Å². The Bertz CT molecular complexity index is 918. The standard InChI is InChI=1S/C18H18ClN3O/c1-2-12-5-3-6-13(11-12)22-16(9-10-20)21-15-8-4-7-14(19)17(15)18(22)23/h3-8,11H,2,9-10,20H2,1H3. The van der Waals surface area contributed by atoms with Crippen LogP contribution in [0.5, 0.6) is 0 Å². The fourth-order valence-electron chi connectivity index (χ4n) is 2.71. The number of aromatic nitrogens is 2. The molecule has 0 bridgehead atoms. The normalized spacial score (nSPS) is 11.1. The maximum absolute atomic E-state index is 13.0. The van der Waals surface area contributed by atoms with E-state index in [0.29, 0.717) is 34.7 Å². The van der Waals surface area contributed by atoms with Crippen molar-refractivity contribution in [2.45, 2.75) is 19.8 Å². The second kappa shape index (κ2) is 6.52. The first-order valence-corrected chi connectivity index (χ1v) is 8.03. The second-order valence-electron chi connectivity index (χ2n) is 5.36. The summed E-state index contributed by atoms with van der Waals surface area (Å²) in [6.07, 6.45) is 1.42. The van der Waals surface area contributed by atoms with Crippen LogP contribution in [0.15, 0.2) is 47.3 Å². The molecule has 23 heavy (non-hydrogen) atoms. The smallest absolute Gasteiger partial charge is 0.267 e. The fraction of sp³-hybridized carbons (Fsp3) is 0.222. The number of hydrogen-bond donors (Lipinski definition) is 1. The zero-order valence-corrected chi connectivity index (χ0v) is 13.7. The molecule has 0 atom stereocenters. The van der Waals surface area contributed by atoms with E-state index in [2.05, 4.69) is 11.9 Å². The molecule has 0 fully saturated rings. The number of benzene rings is 2. The molecule has 4 nitrogen and oxygen atoms in total. The van der Waals surface area contributed by atoms with Gasteiger partial charge < -0.3 is 5.73 Å². The van der Waals surface area contributed by atoms with Gasteiger partial charge in [0.05, 0.1) is 21.6 Å². The zero-order valence-electron chi connectivity index (χ0n) is 12.9. The molecule has 0 radical (unpaired) electrons. The van der Waals surface area contributed by atoms with Gasteiger partial charge in [0.1, 0.15) is 5.82 Å². The Morgan fingerprint density at radius 2 is 2.00 bits per heavy atom. The highest BCUT2D eigenvalue weighted by atomic mass is 35.5. The summed E-state index contributed by atoms with van der Waals surface area (Å²) in [5.41, 5.74) is 8.11. The molecule has 2 N–H and O–H groups in total. The predicted octanol–water partition coefficient (Wildman–Crippen LogP) is 3.10. The number of rotatable bonds is 4. The van der Waals surface area contributed by atoms with E-state index in [1.54, 1.807) is 22.8 Å². The molecule has 0 aliphatic heterocycles. The number of fused-ring (bicyclic) bond motifs is 1. The molecule has 0 unspecified atom stereocenters. The lowest BCUT2D eigenvalue weighted by atomic mass is 10.1. The number of nitrogens with zero attached hydrogens (tertiary/aromatic N) is 2. The van der Waals surface area contributed by atoms with Gasteiger partial charge in [0.2, 0.25) is 0 Å². The van der Waals surface area contributed by atoms with E-state index < -0.39 is 0 Å². The summed E-state index contributed by atoms with van der Waals surface area (Å²) >= 11 is 6.23. The van der Waals surface area contributed by atoms with Crippen LogP contribution in [-0.4, -0.2) is 16.1 Å². The van der Waals surface area contributed by atoms with E-state index >= 15 is 0 Å². The van der Waals surface area contributed by atoms with Crippen LogP contribution in [0.3, 0.4) is 0 Å². The molecule has 0 aliphatic rings. The van der Waals surface area contributed by atoms with Crippen LogP contribution in [0, 0.1) is 0 Å². The molecule has 5 heteroatoms. The first-order chi connectivity index (χ1) is 11.2. The Kier molecular flexibility index (Phi) is 4.46. The molecule has 0 amide bonds. The second-order valence-corrected chi connectivity index (χ2v) is 5.77. The van der Waals surface area contributed by atoms with E-state index in [1.807, 2.05) is 24.3 Å². The first-order valence-electron chi connectivity index (χ1n) is 7.65. The molecule has 3 aromatic rings. The fourth-order valence-corrected chi connectivity index (χ4v) is 2.96. The van der Waals surface area contributed by atoms with Gasteiger partial charge in [-0.05, 0) is 42.8 Å². The highest BCUT2D eigenvalue weighted by Crippen LogP contribution is 2.21. The minimum absolute atomic E-state index is 0.155. The lowest BCUT2D eigenvalue weighted by Gasteiger charge is -2.14. The van der Waals surface area contributed by atoms with Gasteiger partial charge in [0.25, 0.3) is 5.56 Å². The third kappa shape index (κ3) is 2.87. The van der Waals surface area contributed by atoms with Gasteiger partial charge in [-0.1, -0.05) is 36.7 Å². The summed E-state index contributed by atoms with van der Waals surface area (Å²) in [5, 5.41) is 0.858. The van der Waals surface area contributed by atoms with Crippen LogP contribution >= 0.6 is 11.6 Å². The van der Waals surface area contributed by atoms with Crippen LogP contribution in [-0.2, 0) is 12.8 Å². The minimum Gasteiger partial charge on any atom is -0.330 e. The molecule has 1 heterocycles. The van der Waals surface area contributed by atoms with Gasteiger partial charge in [0, 0.05) is 6.42 Å². The maximum Gasteiger partial charge on any atom is 0.267 e. The van der Waals surface area contributed by atoms with E-state index in [9.17, 15) is 4.79 Å². The van der Waals surface area contributed by atoms with Crippen molar-refractivity contribution in [1.82, 2.24) is 9.55 Å². The topological polar surface area (TPSA) is 60.9 Å². The van der Waals surface area contributed by atoms with Crippen molar-refractivity contribution in [3.8, 4) is 5.69 Å². The SMILES string of the molecule is CCc1cccc(-n2c(CCN)nc3cccc(Cl)c3c2=O)c1. The Labute approximate surface area is 139 Å². The van der Waals surface area contributed by atoms with Crippen molar-refractivity contribution in [2.24, 2.45) is 5.73 Å².